The molecule has 0 atom stereocenters. The smallest absolute Gasteiger partial charge is 0.0501 e. The van der Waals surface area contributed by atoms with E-state index < -0.39 is 0 Å². The van der Waals surface area contributed by atoms with Gasteiger partial charge in [-0.05, 0) is 75.0 Å². The second-order valence-corrected chi connectivity index (χ2v) is 7.60. The first-order chi connectivity index (χ1) is 11.4. The second-order valence-electron chi connectivity index (χ2n) is 7.60. The van der Waals surface area contributed by atoms with Crippen LogP contribution in [0.3, 0.4) is 0 Å². The molecular formula is C21H29N3. The Morgan fingerprint density at radius 1 is 0.833 bits per heavy atom. The van der Waals surface area contributed by atoms with Gasteiger partial charge >= 0.3 is 0 Å². The standard InChI is InChI=1S/C21H29N3/c1-22(2)13-16-10-18-12-17-8-6-7-9-20(17)21(18)19(11-16)14-24(5)15-23(3)4/h6-11H,12-15H2,1-5H3. The molecule has 0 saturated carbocycles. The highest BCUT2D eigenvalue weighted by atomic mass is 15.3. The molecule has 24 heavy (non-hydrogen) atoms. The Balaban J connectivity index is 2.00. The van der Waals surface area contributed by atoms with Crippen molar-refractivity contribution in [2.75, 3.05) is 41.9 Å². The minimum absolute atomic E-state index is 0.967. The Hall–Kier alpha value is -1.68. The lowest BCUT2D eigenvalue weighted by Crippen LogP contribution is -2.30. The van der Waals surface area contributed by atoms with Crippen molar-refractivity contribution in [3.63, 3.8) is 0 Å². The molecule has 2 aromatic rings. The van der Waals surface area contributed by atoms with E-state index in [2.05, 4.69) is 86.3 Å². The van der Waals surface area contributed by atoms with Gasteiger partial charge in [-0.3, -0.25) is 9.80 Å². The van der Waals surface area contributed by atoms with E-state index in [0.29, 0.717) is 0 Å². The maximum Gasteiger partial charge on any atom is 0.0501 e. The molecule has 3 nitrogen and oxygen atoms in total. The first-order valence-electron chi connectivity index (χ1n) is 8.65. The van der Waals surface area contributed by atoms with Gasteiger partial charge in [0.2, 0.25) is 0 Å². The summed E-state index contributed by atoms with van der Waals surface area (Å²) >= 11 is 0. The van der Waals surface area contributed by atoms with Crippen LogP contribution in [0.1, 0.15) is 22.3 Å². The summed E-state index contributed by atoms with van der Waals surface area (Å²) in [7, 11) is 10.7. The van der Waals surface area contributed by atoms with Gasteiger partial charge in [0, 0.05) is 13.1 Å². The molecule has 1 aliphatic carbocycles. The molecule has 3 heteroatoms. The molecule has 0 amide bonds. The van der Waals surface area contributed by atoms with Crippen LogP contribution in [0.4, 0.5) is 0 Å². The molecule has 0 aromatic heterocycles. The Labute approximate surface area is 146 Å². The van der Waals surface area contributed by atoms with E-state index in [1.165, 1.54) is 33.4 Å². The Morgan fingerprint density at radius 3 is 2.29 bits per heavy atom. The fourth-order valence-electron chi connectivity index (χ4n) is 3.85. The molecule has 0 saturated heterocycles. The van der Waals surface area contributed by atoms with Crippen LogP contribution in [0.25, 0.3) is 11.1 Å². The predicted molar refractivity (Wildman–Crippen MR) is 102 cm³/mol. The molecule has 1 aliphatic rings. The Bertz CT molecular complexity index is 719. The van der Waals surface area contributed by atoms with Crippen LogP contribution in [0, 0.1) is 0 Å². The lowest BCUT2D eigenvalue weighted by Gasteiger charge is -2.23. The number of rotatable bonds is 6. The fourth-order valence-corrected chi connectivity index (χ4v) is 3.85. The molecule has 128 valence electrons. The van der Waals surface area contributed by atoms with Crippen molar-refractivity contribution < 1.29 is 0 Å². The lowest BCUT2D eigenvalue weighted by atomic mass is 9.96. The third-order valence-electron chi connectivity index (χ3n) is 4.49. The van der Waals surface area contributed by atoms with E-state index in [0.717, 1.165) is 26.2 Å². The predicted octanol–water partition coefficient (Wildman–Crippen LogP) is 3.27. The molecule has 0 spiro atoms. The Kier molecular flexibility index (Phi) is 5.04. The summed E-state index contributed by atoms with van der Waals surface area (Å²) in [6, 6.07) is 13.7. The normalized spacial score (nSPS) is 13.0. The second kappa shape index (κ2) is 7.06. The first-order valence-corrected chi connectivity index (χ1v) is 8.65. The molecule has 0 N–H and O–H groups in total. The number of hydrogen-bond acceptors (Lipinski definition) is 3. The summed E-state index contributed by atoms with van der Waals surface area (Å²) in [5.74, 6) is 0. The largest absolute Gasteiger partial charge is 0.305 e. The summed E-state index contributed by atoms with van der Waals surface area (Å²) in [6.07, 6.45) is 1.07. The van der Waals surface area contributed by atoms with E-state index in [4.69, 9.17) is 0 Å². The molecule has 0 unspecified atom stereocenters. The van der Waals surface area contributed by atoms with Gasteiger partial charge in [0.05, 0.1) is 6.67 Å². The van der Waals surface area contributed by atoms with Crippen LogP contribution < -0.4 is 0 Å². The molecular weight excluding hydrogens is 294 g/mol. The zero-order valence-corrected chi connectivity index (χ0v) is 15.6. The van der Waals surface area contributed by atoms with E-state index >= 15 is 0 Å². The summed E-state index contributed by atoms with van der Waals surface area (Å²) in [4.78, 5) is 6.85. The van der Waals surface area contributed by atoms with Crippen LogP contribution in [-0.4, -0.2) is 56.6 Å². The number of nitrogens with zero attached hydrogens (tertiary/aromatic N) is 3. The third-order valence-corrected chi connectivity index (χ3v) is 4.49. The van der Waals surface area contributed by atoms with Gasteiger partial charge in [-0.25, -0.2) is 0 Å². The van der Waals surface area contributed by atoms with Crippen LogP contribution in [0.15, 0.2) is 36.4 Å². The summed E-state index contributed by atoms with van der Waals surface area (Å²) in [5.41, 5.74) is 8.73. The molecule has 0 heterocycles. The molecule has 0 radical (unpaired) electrons. The Morgan fingerprint density at radius 2 is 1.58 bits per heavy atom. The maximum absolute atomic E-state index is 2.41. The highest BCUT2D eigenvalue weighted by Gasteiger charge is 2.22. The van der Waals surface area contributed by atoms with Gasteiger partial charge in [0.1, 0.15) is 0 Å². The average Bonchev–Trinajstić information content (AvgIpc) is 2.83. The van der Waals surface area contributed by atoms with Gasteiger partial charge in [0.15, 0.2) is 0 Å². The zero-order chi connectivity index (χ0) is 17.3. The minimum atomic E-state index is 0.967. The van der Waals surface area contributed by atoms with Crippen LogP contribution in [-0.2, 0) is 19.5 Å². The lowest BCUT2D eigenvalue weighted by molar-refractivity contribution is 0.204. The van der Waals surface area contributed by atoms with Gasteiger partial charge in [0.25, 0.3) is 0 Å². The summed E-state index contributed by atoms with van der Waals surface area (Å²) in [6.45, 7) is 2.94. The quantitative estimate of drug-likeness (QED) is 0.645. The molecule has 0 aliphatic heterocycles. The van der Waals surface area contributed by atoms with E-state index in [1.807, 2.05) is 0 Å². The van der Waals surface area contributed by atoms with Crippen molar-refractivity contribution >= 4 is 0 Å². The number of benzene rings is 2. The van der Waals surface area contributed by atoms with Crippen molar-refractivity contribution in [2.24, 2.45) is 0 Å². The highest BCUT2D eigenvalue weighted by molar-refractivity contribution is 5.80. The average molecular weight is 323 g/mol. The zero-order valence-electron chi connectivity index (χ0n) is 15.6. The van der Waals surface area contributed by atoms with Crippen molar-refractivity contribution in [2.45, 2.75) is 19.5 Å². The molecule has 0 bridgehead atoms. The van der Waals surface area contributed by atoms with Gasteiger partial charge in [-0.15, -0.1) is 0 Å². The van der Waals surface area contributed by atoms with Crippen LogP contribution in [0.5, 0.6) is 0 Å². The fraction of sp³-hybridized carbons (Fsp3) is 0.429. The first kappa shape index (κ1) is 17.2. The summed E-state index contributed by atoms with van der Waals surface area (Å²) in [5, 5.41) is 0. The summed E-state index contributed by atoms with van der Waals surface area (Å²) < 4.78 is 0. The number of fused-ring (bicyclic) bond motifs is 3. The van der Waals surface area contributed by atoms with Crippen molar-refractivity contribution in [1.82, 2.24) is 14.7 Å². The van der Waals surface area contributed by atoms with Crippen molar-refractivity contribution in [3.8, 4) is 11.1 Å². The third kappa shape index (κ3) is 3.69. The van der Waals surface area contributed by atoms with E-state index in [1.54, 1.807) is 0 Å². The molecule has 2 aromatic carbocycles. The van der Waals surface area contributed by atoms with Crippen LogP contribution >= 0.6 is 0 Å². The van der Waals surface area contributed by atoms with E-state index in [-0.39, 0.29) is 0 Å². The maximum atomic E-state index is 2.41. The topological polar surface area (TPSA) is 9.72 Å². The van der Waals surface area contributed by atoms with Gasteiger partial charge in [-0.2, -0.15) is 0 Å². The SMILES string of the molecule is CN(C)Cc1cc2c(c(CN(C)CN(C)C)c1)-c1ccccc1C2. The monoisotopic (exact) mass is 323 g/mol. The van der Waals surface area contributed by atoms with Gasteiger partial charge in [-0.1, -0.05) is 36.4 Å². The number of hydrogen-bond donors (Lipinski definition) is 0. The minimum Gasteiger partial charge on any atom is -0.305 e. The molecule has 0 fully saturated rings. The van der Waals surface area contributed by atoms with Gasteiger partial charge < -0.3 is 4.90 Å². The highest BCUT2D eigenvalue weighted by Crippen LogP contribution is 2.40. The molecule has 3 rings (SSSR count). The van der Waals surface area contributed by atoms with Crippen molar-refractivity contribution in [3.05, 3.63) is 58.7 Å². The van der Waals surface area contributed by atoms with Crippen molar-refractivity contribution in [1.29, 1.82) is 0 Å². The van der Waals surface area contributed by atoms with Crippen LogP contribution in [0.2, 0.25) is 0 Å². The van der Waals surface area contributed by atoms with E-state index in [9.17, 15) is 0 Å².